The lowest BCUT2D eigenvalue weighted by Crippen LogP contribution is -2.29. The molecule has 154 valence electrons. The smallest absolute Gasteiger partial charge is 0.254 e. The first kappa shape index (κ1) is 21.9. The SMILES string of the molecule is CCCOc1ccc(C=NNC(=O)CCNC(=O)c2ccccc2F)cc1OC. The summed E-state index contributed by atoms with van der Waals surface area (Å²) in [5, 5.41) is 6.38. The number of methoxy groups -OCH3 is 1. The number of hydrogen-bond donors (Lipinski definition) is 2. The maximum absolute atomic E-state index is 13.5. The van der Waals surface area contributed by atoms with Crippen LogP contribution in [0.5, 0.6) is 11.5 Å². The van der Waals surface area contributed by atoms with Gasteiger partial charge in [-0.15, -0.1) is 0 Å². The van der Waals surface area contributed by atoms with Crippen molar-refractivity contribution in [2.75, 3.05) is 20.3 Å². The number of nitrogens with one attached hydrogen (secondary N) is 2. The van der Waals surface area contributed by atoms with E-state index in [0.29, 0.717) is 18.1 Å². The molecule has 0 saturated heterocycles. The van der Waals surface area contributed by atoms with Gasteiger partial charge in [-0.3, -0.25) is 9.59 Å². The average molecular weight is 401 g/mol. The zero-order valence-electron chi connectivity index (χ0n) is 16.4. The fourth-order valence-corrected chi connectivity index (χ4v) is 2.36. The topological polar surface area (TPSA) is 89.0 Å². The van der Waals surface area contributed by atoms with Gasteiger partial charge >= 0.3 is 0 Å². The zero-order chi connectivity index (χ0) is 21.1. The number of hydrazone groups is 1. The van der Waals surface area contributed by atoms with Crippen LogP contribution in [-0.2, 0) is 4.79 Å². The summed E-state index contributed by atoms with van der Waals surface area (Å²) in [4.78, 5) is 23.7. The molecule has 8 heteroatoms. The number of nitrogens with zero attached hydrogens (tertiary/aromatic N) is 1. The van der Waals surface area contributed by atoms with Crippen molar-refractivity contribution in [3.05, 3.63) is 59.4 Å². The van der Waals surface area contributed by atoms with Gasteiger partial charge in [0.2, 0.25) is 5.91 Å². The predicted octanol–water partition coefficient (Wildman–Crippen LogP) is 2.89. The summed E-state index contributed by atoms with van der Waals surface area (Å²) in [5.41, 5.74) is 3.03. The number of hydrogen-bond acceptors (Lipinski definition) is 5. The predicted molar refractivity (Wildman–Crippen MR) is 108 cm³/mol. The molecule has 7 nitrogen and oxygen atoms in total. The van der Waals surface area contributed by atoms with Crippen LogP contribution < -0.4 is 20.2 Å². The van der Waals surface area contributed by atoms with Crippen molar-refractivity contribution in [2.24, 2.45) is 5.10 Å². The number of benzene rings is 2. The van der Waals surface area contributed by atoms with Gasteiger partial charge in [0.15, 0.2) is 11.5 Å². The van der Waals surface area contributed by atoms with E-state index < -0.39 is 11.7 Å². The fourth-order valence-electron chi connectivity index (χ4n) is 2.36. The molecular formula is C21H24FN3O4. The third-order valence-corrected chi connectivity index (χ3v) is 3.81. The molecule has 2 amide bonds. The summed E-state index contributed by atoms with van der Waals surface area (Å²) < 4.78 is 24.4. The second-order valence-corrected chi connectivity index (χ2v) is 6.04. The molecule has 0 aromatic heterocycles. The van der Waals surface area contributed by atoms with Crippen LogP contribution in [0.2, 0.25) is 0 Å². The van der Waals surface area contributed by atoms with Crippen LogP contribution in [0.4, 0.5) is 4.39 Å². The minimum Gasteiger partial charge on any atom is -0.493 e. The first-order chi connectivity index (χ1) is 14.0. The Labute approximate surface area is 168 Å². The molecule has 29 heavy (non-hydrogen) atoms. The molecule has 0 fully saturated rings. The van der Waals surface area contributed by atoms with Gasteiger partial charge in [-0.1, -0.05) is 19.1 Å². The second kappa shape index (κ2) is 11.4. The Morgan fingerprint density at radius 2 is 1.97 bits per heavy atom. The largest absolute Gasteiger partial charge is 0.493 e. The molecule has 0 radical (unpaired) electrons. The van der Waals surface area contributed by atoms with Gasteiger partial charge in [0.05, 0.1) is 25.5 Å². The molecule has 2 N–H and O–H groups in total. The van der Waals surface area contributed by atoms with Gasteiger partial charge in [0.25, 0.3) is 5.91 Å². The highest BCUT2D eigenvalue weighted by atomic mass is 19.1. The Bertz CT molecular complexity index is 871. The van der Waals surface area contributed by atoms with Crippen molar-refractivity contribution in [1.29, 1.82) is 0 Å². The fraction of sp³-hybridized carbons (Fsp3) is 0.286. The summed E-state index contributed by atoms with van der Waals surface area (Å²) in [7, 11) is 1.55. The van der Waals surface area contributed by atoms with Crippen LogP contribution in [-0.4, -0.2) is 38.3 Å². The Balaban J connectivity index is 1.79. The lowest BCUT2D eigenvalue weighted by Gasteiger charge is -2.10. The molecule has 2 aromatic rings. The Kier molecular flexibility index (Phi) is 8.62. The highest BCUT2D eigenvalue weighted by Crippen LogP contribution is 2.27. The second-order valence-electron chi connectivity index (χ2n) is 6.04. The number of halogens is 1. The van der Waals surface area contributed by atoms with Crippen LogP contribution in [0.3, 0.4) is 0 Å². The minimum atomic E-state index is -0.611. The molecule has 0 atom stereocenters. The molecule has 0 spiro atoms. The first-order valence-corrected chi connectivity index (χ1v) is 9.20. The molecule has 0 unspecified atom stereocenters. The van der Waals surface area contributed by atoms with Crippen LogP contribution >= 0.6 is 0 Å². The number of carbonyl (C=O) groups excluding carboxylic acids is 2. The molecule has 0 aliphatic rings. The lowest BCUT2D eigenvalue weighted by atomic mass is 10.2. The monoisotopic (exact) mass is 401 g/mol. The van der Waals surface area contributed by atoms with Gasteiger partial charge in [-0.2, -0.15) is 5.10 Å². The van der Waals surface area contributed by atoms with Crippen LogP contribution in [0, 0.1) is 5.82 Å². The highest BCUT2D eigenvalue weighted by Gasteiger charge is 2.10. The van der Waals surface area contributed by atoms with E-state index in [1.807, 2.05) is 6.92 Å². The zero-order valence-corrected chi connectivity index (χ0v) is 16.4. The molecule has 0 saturated carbocycles. The van der Waals surface area contributed by atoms with Crippen LogP contribution in [0.25, 0.3) is 0 Å². The molecule has 0 bridgehead atoms. The average Bonchev–Trinajstić information content (AvgIpc) is 2.72. The third-order valence-electron chi connectivity index (χ3n) is 3.81. The van der Waals surface area contributed by atoms with Crippen molar-refractivity contribution >= 4 is 18.0 Å². The summed E-state index contributed by atoms with van der Waals surface area (Å²) in [6.07, 6.45) is 2.37. The summed E-state index contributed by atoms with van der Waals surface area (Å²) in [5.74, 6) is -0.354. The number of ether oxygens (including phenoxy) is 2. The van der Waals surface area contributed by atoms with Gasteiger partial charge in [-0.25, -0.2) is 9.82 Å². The van der Waals surface area contributed by atoms with E-state index in [0.717, 1.165) is 12.0 Å². The van der Waals surface area contributed by atoms with E-state index in [9.17, 15) is 14.0 Å². The van der Waals surface area contributed by atoms with E-state index in [2.05, 4.69) is 15.8 Å². The maximum atomic E-state index is 13.5. The van der Waals surface area contributed by atoms with E-state index in [-0.39, 0.29) is 24.4 Å². The third kappa shape index (κ3) is 6.91. The maximum Gasteiger partial charge on any atom is 0.254 e. The first-order valence-electron chi connectivity index (χ1n) is 9.20. The number of amides is 2. The van der Waals surface area contributed by atoms with E-state index in [4.69, 9.17) is 9.47 Å². The Morgan fingerprint density at radius 1 is 1.17 bits per heavy atom. The van der Waals surface area contributed by atoms with Crippen molar-refractivity contribution < 1.29 is 23.5 Å². The molecule has 0 heterocycles. The van der Waals surface area contributed by atoms with Gasteiger partial charge < -0.3 is 14.8 Å². The highest BCUT2D eigenvalue weighted by molar-refractivity contribution is 5.94. The Morgan fingerprint density at radius 3 is 2.69 bits per heavy atom. The van der Waals surface area contributed by atoms with Crippen molar-refractivity contribution in [3.63, 3.8) is 0 Å². The number of rotatable bonds is 10. The molecule has 2 rings (SSSR count). The standard InChI is InChI=1S/C21H24FN3O4/c1-3-12-29-18-9-8-15(13-19(18)28-2)14-24-25-20(26)10-11-23-21(27)16-6-4-5-7-17(16)22/h4-9,13-14H,3,10-12H2,1-2H3,(H,23,27)(H,25,26). The van der Waals surface area contributed by atoms with Gasteiger partial charge in [0, 0.05) is 13.0 Å². The lowest BCUT2D eigenvalue weighted by molar-refractivity contribution is -0.120. The normalized spacial score (nSPS) is 10.6. The van der Waals surface area contributed by atoms with Crippen molar-refractivity contribution in [1.82, 2.24) is 10.7 Å². The number of carbonyl (C=O) groups is 2. The molecular weight excluding hydrogens is 377 g/mol. The minimum absolute atomic E-state index is 0.00461. The van der Waals surface area contributed by atoms with Crippen LogP contribution in [0.15, 0.2) is 47.6 Å². The van der Waals surface area contributed by atoms with Crippen molar-refractivity contribution in [3.8, 4) is 11.5 Å². The summed E-state index contributed by atoms with van der Waals surface area (Å²) in [6, 6.07) is 11.0. The van der Waals surface area contributed by atoms with E-state index >= 15 is 0 Å². The summed E-state index contributed by atoms with van der Waals surface area (Å²) in [6.45, 7) is 2.67. The molecule has 2 aromatic carbocycles. The van der Waals surface area contributed by atoms with Crippen LogP contribution in [0.1, 0.15) is 35.7 Å². The van der Waals surface area contributed by atoms with E-state index in [1.54, 1.807) is 31.4 Å². The van der Waals surface area contributed by atoms with Gasteiger partial charge in [-0.05, 0) is 42.3 Å². The van der Waals surface area contributed by atoms with E-state index in [1.165, 1.54) is 24.4 Å². The Hall–Kier alpha value is -3.42. The summed E-state index contributed by atoms with van der Waals surface area (Å²) >= 11 is 0. The van der Waals surface area contributed by atoms with Gasteiger partial charge in [0.1, 0.15) is 5.82 Å². The van der Waals surface area contributed by atoms with Crippen molar-refractivity contribution in [2.45, 2.75) is 19.8 Å². The molecule has 0 aliphatic carbocycles. The molecule has 0 aliphatic heterocycles. The quantitative estimate of drug-likeness (QED) is 0.473.